The molecule has 68 valence electrons. The predicted molar refractivity (Wildman–Crippen MR) is 48.3 cm³/mol. The summed E-state index contributed by atoms with van der Waals surface area (Å²) < 4.78 is 0. The van der Waals surface area contributed by atoms with Crippen molar-refractivity contribution in [3.05, 3.63) is 0 Å². The maximum Gasteiger partial charge on any atom is 0.0501 e. The third-order valence-corrected chi connectivity index (χ3v) is 2.69. The number of aliphatic hydroxyl groups is 1. The van der Waals surface area contributed by atoms with Crippen molar-refractivity contribution in [1.82, 2.24) is 0 Å². The molecule has 0 saturated heterocycles. The Labute approximate surface area is 69.8 Å². The molecule has 0 saturated carbocycles. The number of aliphatic hydroxyl groups excluding tert-OH is 1. The van der Waals surface area contributed by atoms with Crippen LogP contribution in [0.2, 0.25) is 0 Å². The van der Waals surface area contributed by atoms with Gasteiger partial charge in [0.05, 0.1) is 6.61 Å². The zero-order chi connectivity index (χ0) is 8.91. The van der Waals surface area contributed by atoms with Crippen LogP contribution in [0, 0.1) is 11.3 Å². The largest absolute Gasteiger partial charge is 0.396 e. The minimum absolute atomic E-state index is 0.0330. The van der Waals surface area contributed by atoms with Gasteiger partial charge in [0.15, 0.2) is 0 Å². The minimum Gasteiger partial charge on any atom is -0.396 e. The molecular formula is C9H21NO. The lowest BCUT2D eigenvalue weighted by atomic mass is 9.74. The molecule has 0 amide bonds. The third-order valence-electron chi connectivity index (χ3n) is 2.69. The molecule has 0 bridgehead atoms. The SMILES string of the molecule is CCC[C@@](CN)(CO)C(C)C. The zero-order valence-corrected chi connectivity index (χ0v) is 7.93. The van der Waals surface area contributed by atoms with E-state index in [0.29, 0.717) is 12.5 Å². The summed E-state index contributed by atoms with van der Waals surface area (Å²) in [7, 11) is 0. The van der Waals surface area contributed by atoms with Crippen molar-refractivity contribution in [2.24, 2.45) is 17.1 Å². The Morgan fingerprint density at radius 1 is 1.45 bits per heavy atom. The number of hydrogen-bond donors (Lipinski definition) is 2. The van der Waals surface area contributed by atoms with Crippen LogP contribution >= 0.6 is 0 Å². The summed E-state index contributed by atoms with van der Waals surface area (Å²) in [5, 5.41) is 9.20. The molecule has 0 radical (unpaired) electrons. The summed E-state index contributed by atoms with van der Waals surface area (Å²) >= 11 is 0. The fraction of sp³-hybridized carbons (Fsp3) is 1.00. The second kappa shape index (κ2) is 4.73. The first-order valence-electron chi connectivity index (χ1n) is 4.44. The maximum atomic E-state index is 9.20. The fourth-order valence-electron chi connectivity index (χ4n) is 1.45. The molecule has 0 aliphatic carbocycles. The van der Waals surface area contributed by atoms with Crippen molar-refractivity contribution in [1.29, 1.82) is 0 Å². The van der Waals surface area contributed by atoms with Crippen LogP contribution in [0.4, 0.5) is 0 Å². The summed E-state index contributed by atoms with van der Waals surface area (Å²) in [5.41, 5.74) is 5.61. The molecule has 3 N–H and O–H groups in total. The fourth-order valence-corrected chi connectivity index (χ4v) is 1.45. The van der Waals surface area contributed by atoms with Gasteiger partial charge in [0.2, 0.25) is 0 Å². The van der Waals surface area contributed by atoms with Crippen molar-refractivity contribution in [2.75, 3.05) is 13.2 Å². The van der Waals surface area contributed by atoms with E-state index in [0.717, 1.165) is 12.8 Å². The second-order valence-electron chi connectivity index (χ2n) is 3.63. The highest BCUT2D eigenvalue weighted by atomic mass is 16.3. The first-order valence-corrected chi connectivity index (χ1v) is 4.44. The average Bonchev–Trinajstić information content (AvgIpc) is 2.00. The van der Waals surface area contributed by atoms with Crippen LogP contribution in [0.1, 0.15) is 33.6 Å². The molecule has 0 aromatic rings. The molecule has 2 nitrogen and oxygen atoms in total. The molecule has 0 heterocycles. The smallest absolute Gasteiger partial charge is 0.0501 e. The van der Waals surface area contributed by atoms with E-state index in [4.69, 9.17) is 5.73 Å². The zero-order valence-electron chi connectivity index (χ0n) is 7.93. The lowest BCUT2D eigenvalue weighted by Gasteiger charge is -2.34. The van der Waals surface area contributed by atoms with E-state index in [1.54, 1.807) is 0 Å². The van der Waals surface area contributed by atoms with Gasteiger partial charge < -0.3 is 10.8 Å². The molecule has 11 heavy (non-hydrogen) atoms. The number of rotatable bonds is 5. The third kappa shape index (κ3) is 2.46. The summed E-state index contributed by atoms with van der Waals surface area (Å²) in [6, 6.07) is 0. The molecule has 0 aliphatic rings. The van der Waals surface area contributed by atoms with Gasteiger partial charge in [-0.15, -0.1) is 0 Å². The normalized spacial score (nSPS) is 16.9. The molecule has 0 spiro atoms. The Morgan fingerprint density at radius 2 is 2.00 bits per heavy atom. The molecule has 0 aliphatic heterocycles. The second-order valence-corrected chi connectivity index (χ2v) is 3.63. The molecule has 0 unspecified atom stereocenters. The first-order chi connectivity index (χ1) is 5.13. The Hall–Kier alpha value is -0.0800. The molecule has 1 atom stereocenters. The van der Waals surface area contributed by atoms with Crippen LogP contribution in [0.15, 0.2) is 0 Å². The first kappa shape index (κ1) is 10.9. The van der Waals surface area contributed by atoms with Gasteiger partial charge in [0, 0.05) is 12.0 Å². The van der Waals surface area contributed by atoms with Crippen molar-refractivity contribution >= 4 is 0 Å². The standard InChI is InChI=1S/C9H21NO/c1-4-5-9(6-10,7-11)8(2)3/h8,11H,4-7,10H2,1-3H3/t9-/m1/s1. The molecule has 0 aromatic carbocycles. The maximum absolute atomic E-state index is 9.20. The van der Waals surface area contributed by atoms with Gasteiger partial charge in [-0.2, -0.15) is 0 Å². The minimum atomic E-state index is -0.0330. The predicted octanol–water partition coefficient (Wildman–Crippen LogP) is 1.38. The van der Waals surface area contributed by atoms with E-state index >= 15 is 0 Å². The van der Waals surface area contributed by atoms with Crippen molar-refractivity contribution in [2.45, 2.75) is 33.6 Å². The van der Waals surface area contributed by atoms with Crippen molar-refractivity contribution in [3.8, 4) is 0 Å². The summed E-state index contributed by atoms with van der Waals surface area (Å²) in [6.07, 6.45) is 2.12. The van der Waals surface area contributed by atoms with Gasteiger partial charge in [-0.3, -0.25) is 0 Å². The van der Waals surface area contributed by atoms with E-state index in [-0.39, 0.29) is 12.0 Å². The Kier molecular flexibility index (Phi) is 4.69. The highest BCUT2D eigenvalue weighted by Crippen LogP contribution is 2.30. The van der Waals surface area contributed by atoms with Gasteiger partial charge in [-0.1, -0.05) is 27.2 Å². The topological polar surface area (TPSA) is 46.2 Å². The van der Waals surface area contributed by atoms with Crippen molar-refractivity contribution < 1.29 is 5.11 Å². The van der Waals surface area contributed by atoms with E-state index in [9.17, 15) is 5.11 Å². The van der Waals surface area contributed by atoms with E-state index in [1.807, 2.05) is 0 Å². The lowest BCUT2D eigenvalue weighted by molar-refractivity contribution is 0.0743. The van der Waals surface area contributed by atoms with E-state index in [1.165, 1.54) is 0 Å². The van der Waals surface area contributed by atoms with Crippen LogP contribution in [0.25, 0.3) is 0 Å². The quantitative estimate of drug-likeness (QED) is 0.636. The molecular weight excluding hydrogens is 138 g/mol. The Bertz CT molecular complexity index is 97.7. The summed E-state index contributed by atoms with van der Waals surface area (Å²) in [6.45, 7) is 7.18. The van der Waals surface area contributed by atoms with Crippen LogP contribution in [-0.4, -0.2) is 18.3 Å². The van der Waals surface area contributed by atoms with Crippen molar-refractivity contribution in [3.63, 3.8) is 0 Å². The van der Waals surface area contributed by atoms with Gasteiger partial charge in [-0.25, -0.2) is 0 Å². The highest BCUT2D eigenvalue weighted by molar-refractivity contribution is 4.82. The summed E-state index contributed by atoms with van der Waals surface area (Å²) in [5.74, 6) is 0.470. The van der Waals surface area contributed by atoms with Crippen LogP contribution in [-0.2, 0) is 0 Å². The van der Waals surface area contributed by atoms with E-state index in [2.05, 4.69) is 20.8 Å². The number of hydrogen-bond acceptors (Lipinski definition) is 2. The number of nitrogens with two attached hydrogens (primary N) is 1. The van der Waals surface area contributed by atoms with Crippen LogP contribution in [0.5, 0.6) is 0 Å². The molecule has 0 fully saturated rings. The highest BCUT2D eigenvalue weighted by Gasteiger charge is 2.30. The van der Waals surface area contributed by atoms with Gasteiger partial charge in [0.1, 0.15) is 0 Å². The lowest BCUT2D eigenvalue weighted by Crippen LogP contribution is -2.39. The summed E-state index contributed by atoms with van der Waals surface area (Å²) in [4.78, 5) is 0. The average molecular weight is 159 g/mol. The Balaban J connectivity index is 4.20. The molecule has 2 heteroatoms. The molecule has 0 aromatic heterocycles. The van der Waals surface area contributed by atoms with Crippen LogP contribution < -0.4 is 5.73 Å². The van der Waals surface area contributed by atoms with Gasteiger partial charge >= 0.3 is 0 Å². The van der Waals surface area contributed by atoms with Gasteiger partial charge in [-0.05, 0) is 12.3 Å². The van der Waals surface area contributed by atoms with Crippen LogP contribution in [0.3, 0.4) is 0 Å². The Morgan fingerprint density at radius 3 is 2.09 bits per heavy atom. The monoisotopic (exact) mass is 159 g/mol. The van der Waals surface area contributed by atoms with E-state index < -0.39 is 0 Å². The molecule has 0 rings (SSSR count). The van der Waals surface area contributed by atoms with Gasteiger partial charge in [0.25, 0.3) is 0 Å².